The second-order valence-electron chi connectivity index (χ2n) is 25.9. The van der Waals surface area contributed by atoms with E-state index in [0.29, 0.717) is 23.9 Å². The first-order valence-electron chi connectivity index (χ1n) is 33.6. The van der Waals surface area contributed by atoms with Crippen molar-refractivity contribution in [2.24, 2.45) is 11.8 Å². The van der Waals surface area contributed by atoms with Crippen molar-refractivity contribution in [3.63, 3.8) is 0 Å². The van der Waals surface area contributed by atoms with Crippen LogP contribution in [0.5, 0.6) is 0 Å². The maximum Gasteiger partial charge on any atom is 0.306 e. The van der Waals surface area contributed by atoms with E-state index in [2.05, 4.69) is 61.1 Å². The number of hydrogen-bond acceptors (Lipinski definition) is 13. The second kappa shape index (κ2) is 44.1. The molecule has 1 saturated carbocycles. The van der Waals surface area contributed by atoms with Crippen LogP contribution in [0.2, 0.25) is 5.15 Å². The molecule has 0 radical (unpaired) electrons. The Morgan fingerprint density at radius 2 is 1.07 bits per heavy atom. The van der Waals surface area contributed by atoms with Crippen molar-refractivity contribution >= 4 is 58.5 Å². The predicted octanol–water partition coefficient (Wildman–Crippen LogP) is 19.0. The summed E-state index contributed by atoms with van der Waals surface area (Å²) in [6.07, 6.45) is 35.8. The van der Waals surface area contributed by atoms with Gasteiger partial charge in [-0.1, -0.05) is 213 Å². The third-order valence-electron chi connectivity index (χ3n) is 15.9. The summed E-state index contributed by atoms with van der Waals surface area (Å²) in [5, 5.41) is 4.00. The summed E-state index contributed by atoms with van der Waals surface area (Å²) in [6.45, 7) is 18.8. The summed E-state index contributed by atoms with van der Waals surface area (Å²) in [7, 11) is 0. The van der Waals surface area contributed by atoms with Crippen LogP contribution in [-0.4, -0.2) is 78.4 Å². The Labute approximate surface area is 514 Å². The summed E-state index contributed by atoms with van der Waals surface area (Å²) in [5.74, 6) is -2.00. The van der Waals surface area contributed by atoms with E-state index in [-0.39, 0.29) is 93.2 Å². The molecule has 2 aromatic rings. The van der Waals surface area contributed by atoms with Gasteiger partial charge in [0.15, 0.2) is 6.10 Å². The molecule has 1 heterocycles. The molecule has 0 bridgehead atoms. The Hall–Kier alpha value is -4.39. The lowest BCUT2D eigenvalue weighted by Gasteiger charge is -2.40. The topological polar surface area (TPSA) is 160 Å². The van der Waals surface area contributed by atoms with Crippen LogP contribution in [0.1, 0.15) is 299 Å². The molecule has 1 aliphatic rings. The molecular weight excluding hydrogens is 1080 g/mol. The van der Waals surface area contributed by atoms with Gasteiger partial charge in [-0.05, 0) is 107 Å². The summed E-state index contributed by atoms with van der Waals surface area (Å²) in [5.41, 5.74) is 3.14. The molecule has 2 unspecified atom stereocenters. The highest BCUT2D eigenvalue weighted by Crippen LogP contribution is 2.38. The first-order valence-corrected chi connectivity index (χ1v) is 33.9. The fraction of sp³-hybridized carbons (Fsp3) is 0.771. The Bertz CT molecular complexity index is 2060. The molecule has 0 spiro atoms. The van der Waals surface area contributed by atoms with Crippen LogP contribution in [0.25, 0.3) is 0 Å². The second-order valence-corrected chi connectivity index (χ2v) is 26.3. The molecule has 478 valence electrons. The number of esters is 5. The number of halogens is 1. The fourth-order valence-corrected chi connectivity index (χ4v) is 11.3. The predicted molar refractivity (Wildman–Crippen MR) is 343 cm³/mol. The van der Waals surface area contributed by atoms with Gasteiger partial charge in [-0.3, -0.25) is 24.0 Å². The number of aromatic nitrogens is 1. The monoisotopic (exact) mass is 1190 g/mol. The smallest absolute Gasteiger partial charge is 0.306 e. The van der Waals surface area contributed by atoms with Crippen LogP contribution in [-0.2, 0) is 47.7 Å². The van der Waals surface area contributed by atoms with E-state index < -0.39 is 17.7 Å². The van der Waals surface area contributed by atoms with Gasteiger partial charge in [-0.2, -0.15) is 0 Å². The minimum absolute atomic E-state index is 0.0364. The molecule has 1 aromatic heterocycles. The van der Waals surface area contributed by atoms with Gasteiger partial charge >= 0.3 is 29.8 Å². The molecule has 0 amide bonds. The van der Waals surface area contributed by atoms with Crippen molar-refractivity contribution in [1.29, 1.82) is 0 Å². The number of nitrogens with zero attached hydrogens (tertiary/aromatic N) is 2. The van der Waals surface area contributed by atoms with Crippen molar-refractivity contribution in [2.45, 2.75) is 317 Å². The lowest BCUT2D eigenvalue weighted by atomic mass is 9.90. The highest BCUT2D eigenvalue weighted by Gasteiger charge is 2.31. The van der Waals surface area contributed by atoms with Gasteiger partial charge in [0.1, 0.15) is 30.1 Å². The Morgan fingerprint density at radius 1 is 0.595 bits per heavy atom. The SMILES string of the molecule is CCCCCCCCCCCCCCCC(=O)OCC(COC(=O)CCCCCCCCCCCCCCC)OC(=O)CC(C)CC(=O)OC1CCC(N(CC(C)C)c2ccc(C(C)CC(=O)OC(C)(C)C)cc2Nc2ccc(Cl)nc2)CC1. The van der Waals surface area contributed by atoms with Crippen LogP contribution >= 0.6 is 11.6 Å². The third-order valence-corrected chi connectivity index (χ3v) is 16.1. The number of benzene rings is 1. The van der Waals surface area contributed by atoms with E-state index in [9.17, 15) is 24.0 Å². The fourth-order valence-electron chi connectivity index (χ4n) is 11.2. The highest BCUT2D eigenvalue weighted by molar-refractivity contribution is 6.29. The van der Waals surface area contributed by atoms with Crippen LogP contribution in [0.3, 0.4) is 0 Å². The van der Waals surface area contributed by atoms with Gasteiger partial charge in [0, 0.05) is 38.3 Å². The largest absolute Gasteiger partial charge is 0.462 e. The van der Waals surface area contributed by atoms with Gasteiger partial charge in [0.05, 0.1) is 29.7 Å². The lowest BCUT2D eigenvalue weighted by Crippen LogP contribution is -2.42. The minimum Gasteiger partial charge on any atom is -0.462 e. The van der Waals surface area contributed by atoms with Crippen molar-refractivity contribution in [3.8, 4) is 0 Å². The summed E-state index contributed by atoms with van der Waals surface area (Å²) >= 11 is 6.16. The van der Waals surface area contributed by atoms with Gasteiger partial charge in [-0.25, -0.2) is 4.98 Å². The van der Waals surface area contributed by atoms with E-state index in [1.807, 2.05) is 40.7 Å². The average Bonchev–Trinajstić information content (AvgIpc) is 3.56. The Balaban J connectivity index is 1.52. The van der Waals surface area contributed by atoms with Crippen molar-refractivity contribution in [2.75, 3.05) is 30.0 Å². The zero-order valence-electron chi connectivity index (χ0n) is 54.2. The van der Waals surface area contributed by atoms with Crippen molar-refractivity contribution in [3.05, 3.63) is 47.2 Å². The molecule has 1 N–H and O–H groups in total. The molecular formula is C70H116ClN3O10. The molecule has 0 saturated heterocycles. The quantitative estimate of drug-likeness (QED) is 0.0289. The number of unbranched alkanes of at least 4 members (excludes halogenated alkanes) is 24. The normalized spacial score (nSPS) is 15.1. The van der Waals surface area contributed by atoms with Crippen LogP contribution < -0.4 is 10.2 Å². The number of anilines is 3. The van der Waals surface area contributed by atoms with Crippen LogP contribution in [0, 0.1) is 11.8 Å². The molecule has 1 aliphatic carbocycles. The van der Waals surface area contributed by atoms with Crippen LogP contribution in [0.4, 0.5) is 17.1 Å². The number of nitrogens with one attached hydrogen (secondary N) is 1. The molecule has 14 heteroatoms. The summed E-state index contributed by atoms with van der Waals surface area (Å²) in [6, 6.07) is 10.2. The van der Waals surface area contributed by atoms with Gasteiger partial charge < -0.3 is 33.9 Å². The zero-order valence-corrected chi connectivity index (χ0v) is 54.9. The summed E-state index contributed by atoms with van der Waals surface area (Å²) in [4.78, 5) is 72.2. The van der Waals surface area contributed by atoms with Gasteiger partial charge in [0.2, 0.25) is 0 Å². The number of hydrogen-bond donors (Lipinski definition) is 1. The molecule has 84 heavy (non-hydrogen) atoms. The molecule has 3 rings (SSSR count). The maximum atomic E-state index is 13.4. The van der Waals surface area contributed by atoms with E-state index >= 15 is 0 Å². The summed E-state index contributed by atoms with van der Waals surface area (Å²) < 4.78 is 28.8. The molecule has 0 aliphatic heterocycles. The molecule has 1 aromatic carbocycles. The first-order chi connectivity index (χ1) is 40.3. The zero-order chi connectivity index (χ0) is 61.4. The van der Waals surface area contributed by atoms with Gasteiger partial charge in [-0.15, -0.1) is 0 Å². The first kappa shape index (κ1) is 73.9. The average molecular weight is 1200 g/mol. The number of carbonyl (C=O) groups is 5. The molecule has 2 atom stereocenters. The minimum atomic E-state index is -0.958. The van der Waals surface area contributed by atoms with Gasteiger partial charge in [0.25, 0.3) is 0 Å². The number of pyridine rings is 1. The number of ether oxygens (including phenoxy) is 5. The molecule has 13 nitrogen and oxygen atoms in total. The van der Waals surface area contributed by atoms with E-state index in [1.54, 1.807) is 12.3 Å². The van der Waals surface area contributed by atoms with Crippen LogP contribution in [0.15, 0.2) is 36.5 Å². The van der Waals surface area contributed by atoms with Crippen molar-refractivity contribution < 1.29 is 47.7 Å². The van der Waals surface area contributed by atoms with E-state index in [1.165, 1.54) is 128 Å². The van der Waals surface area contributed by atoms with E-state index in [4.69, 9.17) is 35.3 Å². The standard InChI is InChI=1S/C70H116ClN3O10/c1-10-12-14-16-18-20-22-24-26-28-30-32-34-36-65(75)80-52-61(53-81-66(76)37-35-33-31-29-27-25-23-21-19-17-15-13-11-2)83-68(78)47-55(5)46-67(77)82-60-42-40-59(41-43-60)74(51-54(3)4)63-44-38-57(56(6)48-69(79)84-70(7,8)9)49-62(63)73-58-39-45-64(71)72-50-58/h38-39,44-45,49-50,54-56,59-61,73H,10-37,40-43,46-48,51-53H2,1-9H3. The molecule has 1 fully saturated rings. The Morgan fingerprint density at radius 3 is 1.52 bits per heavy atom. The number of rotatable bonds is 47. The third kappa shape index (κ3) is 35.3. The van der Waals surface area contributed by atoms with E-state index in [0.717, 1.165) is 80.5 Å². The lowest BCUT2D eigenvalue weighted by molar-refractivity contribution is -0.168. The maximum absolute atomic E-state index is 13.4. The van der Waals surface area contributed by atoms with Crippen molar-refractivity contribution in [1.82, 2.24) is 4.98 Å². The number of carbonyl (C=O) groups excluding carboxylic acids is 5. The highest BCUT2D eigenvalue weighted by atomic mass is 35.5. The Kier molecular flexibility index (Phi) is 38.8.